The summed E-state index contributed by atoms with van der Waals surface area (Å²) in [6.07, 6.45) is 1.62. The van der Waals surface area contributed by atoms with Gasteiger partial charge in [0.1, 0.15) is 0 Å². The Morgan fingerprint density at radius 3 is 2.10 bits per heavy atom. The zero-order chi connectivity index (χ0) is 28.6. The van der Waals surface area contributed by atoms with Crippen LogP contribution >= 0.6 is 0 Å². The van der Waals surface area contributed by atoms with Gasteiger partial charge in [0, 0.05) is 11.1 Å². The van der Waals surface area contributed by atoms with E-state index in [9.17, 15) is 9.59 Å². The lowest BCUT2D eigenvalue weighted by molar-refractivity contribution is 0.0518. The Kier molecular flexibility index (Phi) is 8.70. The van der Waals surface area contributed by atoms with Gasteiger partial charge in [0.2, 0.25) is 0 Å². The lowest BCUT2D eigenvalue weighted by Crippen LogP contribution is -2.30. The Hall–Kier alpha value is -4.97. The molecule has 1 aromatic heterocycles. The van der Waals surface area contributed by atoms with Crippen LogP contribution in [0.4, 0.5) is 0 Å². The van der Waals surface area contributed by atoms with E-state index in [1.165, 1.54) is 5.56 Å². The zero-order valence-corrected chi connectivity index (χ0v) is 23.3. The first-order chi connectivity index (χ1) is 20.1. The minimum atomic E-state index is -0.473. The third-order valence-corrected chi connectivity index (χ3v) is 7.02. The summed E-state index contributed by atoms with van der Waals surface area (Å²) in [5.41, 5.74) is 6.61. The Balaban J connectivity index is 1.41. The van der Waals surface area contributed by atoms with Crippen LogP contribution in [0.3, 0.4) is 0 Å². The van der Waals surface area contributed by atoms with E-state index < -0.39 is 5.97 Å². The summed E-state index contributed by atoms with van der Waals surface area (Å²) >= 11 is 0. The predicted octanol–water partition coefficient (Wildman–Crippen LogP) is 6.99. The minimum absolute atomic E-state index is 0.163. The molecule has 6 heteroatoms. The van der Waals surface area contributed by atoms with Crippen LogP contribution in [0.5, 0.6) is 0 Å². The largest absolute Gasteiger partial charge is 0.461 e. The molecule has 0 spiro atoms. The number of ether oxygens (including phenoxy) is 1. The number of esters is 1. The molecule has 0 saturated heterocycles. The van der Waals surface area contributed by atoms with Crippen molar-refractivity contribution in [2.45, 2.75) is 32.7 Å². The average Bonchev–Trinajstić information content (AvgIpc) is 3.48. The standard InChI is InChI=1S/C35H33N3O3/c1-3-25-15-17-28(18-16-25)33-24-32(35(40)41-4-2)37-38(33)30-21-19-29(20-22-30)34(39)36-31(27-13-9-6-10-14-27)23-26-11-7-5-8-12-26/h5-22,24,31H,3-4,23H2,1-2H3,(H,36,39)/t31-/m1/s1. The number of benzene rings is 4. The molecule has 0 bridgehead atoms. The fourth-order valence-electron chi connectivity index (χ4n) is 4.78. The van der Waals surface area contributed by atoms with Crippen molar-refractivity contribution in [2.24, 2.45) is 0 Å². The fourth-order valence-corrected chi connectivity index (χ4v) is 4.78. The Labute approximate surface area is 240 Å². The summed E-state index contributed by atoms with van der Waals surface area (Å²) < 4.78 is 6.92. The van der Waals surface area contributed by atoms with E-state index in [1.54, 1.807) is 29.8 Å². The van der Waals surface area contributed by atoms with Gasteiger partial charge < -0.3 is 10.1 Å². The van der Waals surface area contributed by atoms with E-state index in [4.69, 9.17) is 4.74 Å². The number of aryl methyl sites for hydroxylation is 1. The maximum atomic E-state index is 13.4. The van der Waals surface area contributed by atoms with Crippen molar-refractivity contribution in [3.8, 4) is 16.9 Å². The van der Waals surface area contributed by atoms with Crippen LogP contribution in [0.2, 0.25) is 0 Å². The lowest BCUT2D eigenvalue weighted by atomic mass is 9.98. The number of carbonyl (C=O) groups is 2. The summed E-state index contributed by atoms with van der Waals surface area (Å²) in [7, 11) is 0. The summed E-state index contributed by atoms with van der Waals surface area (Å²) in [5.74, 6) is -0.636. The van der Waals surface area contributed by atoms with Crippen LogP contribution in [0.15, 0.2) is 115 Å². The normalized spacial score (nSPS) is 11.6. The van der Waals surface area contributed by atoms with Crippen LogP contribution in [-0.2, 0) is 17.6 Å². The highest BCUT2D eigenvalue weighted by atomic mass is 16.5. The highest BCUT2D eigenvalue weighted by molar-refractivity contribution is 5.94. The molecule has 0 fully saturated rings. The van der Waals surface area contributed by atoms with E-state index >= 15 is 0 Å². The summed E-state index contributed by atoms with van der Waals surface area (Å²) in [4.78, 5) is 25.9. The van der Waals surface area contributed by atoms with E-state index in [1.807, 2.05) is 72.8 Å². The molecule has 1 atom stereocenters. The molecule has 5 rings (SSSR count). The number of nitrogens with zero attached hydrogens (tertiary/aromatic N) is 2. The maximum Gasteiger partial charge on any atom is 0.358 e. The van der Waals surface area contributed by atoms with Gasteiger partial charge in [-0.15, -0.1) is 0 Å². The van der Waals surface area contributed by atoms with Gasteiger partial charge in [0.25, 0.3) is 5.91 Å². The quantitative estimate of drug-likeness (QED) is 0.193. The number of aromatic nitrogens is 2. The number of carbonyl (C=O) groups excluding carboxylic acids is 2. The van der Waals surface area contributed by atoms with Gasteiger partial charge in [-0.1, -0.05) is 91.9 Å². The maximum absolute atomic E-state index is 13.4. The van der Waals surface area contributed by atoms with Gasteiger partial charge in [0.15, 0.2) is 5.69 Å². The van der Waals surface area contributed by atoms with Crippen LogP contribution in [0, 0.1) is 0 Å². The summed E-state index contributed by atoms with van der Waals surface area (Å²) in [6.45, 7) is 4.15. The second-order valence-electron chi connectivity index (χ2n) is 9.77. The van der Waals surface area contributed by atoms with Gasteiger partial charge >= 0.3 is 5.97 Å². The molecular weight excluding hydrogens is 510 g/mol. The number of hydrogen-bond acceptors (Lipinski definition) is 4. The van der Waals surface area contributed by atoms with E-state index in [2.05, 4.69) is 41.6 Å². The number of hydrogen-bond donors (Lipinski definition) is 1. The highest BCUT2D eigenvalue weighted by Gasteiger charge is 2.19. The number of amides is 1. The molecule has 41 heavy (non-hydrogen) atoms. The topological polar surface area (TPSA) is 73.2 Å². The lowest BCUT2D eigenvalue weighted by Gasteiger charge is -2.20. The SMILES string of the molecule is CCOC(=O)c1cc(-c2ccc(CC)cc2)n(-c2ccc(C(=O)N[C@H](Cc3ccccc3)c3ccccc3)cc2)n1. The van der Waals surface area contributed by atoms with Crippen molar-refractivity contribution < 1.29 is 14.3 Å². The first-order valence-corrected chi connectivity index (χ1v) is 13.9. The van der Waals surface area contributed by atoms with Crippen LogP contribution in [-0.4, -0.2) is 28.3 Å². The molecule has 206 valence electrons. The molecular formula is C35H33N3O3. The van der Waals surface area contributed by atoms with Crippen molar-refractivity contribution in [1.29, 1.82) is 0 Å². The van der Waals surface area contributed by atoms with Crippen LogP contribution in [0.1, 0.15) is 57.4 Å². The highest BCUT2D eigenvalue weighted by Crippen LogP contribution is 2.26. The molecule has 1 heterocycles. The Bertz CT molecular complexity index is 1590. The zero-order valence-electron chi connectivity index (χ0n) is 23.3. The van der Waals surface area contributed by atoms with Crippen LogP contribution in [0.25, 0.3) is 16.9 Å². The smallest absolute Gasteiger partial charge is 0.358 e. The molecule has 0 aliphatic carbocycles. The van der Waals surface area contributed by atoms with Crippen molar-refractivity contribution in [3.05, 3.63) is 143 Å². The summed E-state index contributed by atoms with van der Waals surface area (Å²) in [5, 5.41) is 7.78. The molecule has 0 saturated carbocycles. The van der Waals surface area contributed by atoms with E-state index in [0.717, 1.165) is 34.5 Å². The third kappa shape index (κ3) is 6.61. The van der Waals surface area contributed by atoms with Crippen molar-refractivity contribution in [3.63, 3.8) is 0 Å². The van der Waals surface area contributed by atoms with Gasteiger partial charge in [-0.3, -0.25) is 4.79 Å². The molecule has 0 unspecified atom stereocenters. The first-order valence-electron chi connectivity index (χ1n) is 13.9. The van der Waals surface area contributed by atoms with Crippen molar-refractivity contribution >= 4 is 11.9 Å². The molecule has 6 nitrogen and oxygen atoms in total. The van der Waals surface area contributed by atoms with E-state index in [0.29, 0.717) is 12.0 Å². The molecule has 0 radical (unpaired) electrons. The average molecular weight is 544 g/mol. The van der Waals surface area contributed by atoms with E-state index in [-0.39, 0.29) is 24.2 Å². The Morgan fingerprint density at radius 2 is 1.46 bits per heavy atom. The molecule has 0 aliphatic rings. The van der Waals surface area contributed by atoms with Gasteiger partial charge in [-0.25, -0.2) is 9.48 Å². The fraction of sp³-hybridized carbons (Fsp3) is 0.171. The predicted molar refractivity (Wildman–Crippen MR) is 161 cm³/mol. The van der Waals surface area contributed by atoms with Crippen LogP contribution < -0.4 is 5.32 Å². The summed E-state index contributed by atoms with van der Waals surface area (Å²) in [6, 6.07) is 37.2. The molecule has 0 aliphatic heterocycles. The number of rotatable bonds is 10. The van der Waals surface area contributed by atoms with Gasteiger partial charge in [0.05, 0.1) is 24.0 Å². The molecule has 4 aromatic carbocycles. The first kappa shape index (κ1) is 27.6. The van der Waals surface area contributed by atoms with Gasteiger partial charge in [-0.05, 0) is 66.8 Å². The molecule has 1 N–H and O–H groups in total. The third-order valence-electron chi connectivity index (χ3n) is 7.02. The molecule has 1 amide bonds. The van der Waals surface area contributed by atoms with Crippen molar-refractivity contribution in [1.82, 2.24) is 15.1 Å². The Morgan fingerprint density at radius 1 is 0.805 bits per heavy atom. The minimum Gasteiger partial charge on any atom is -0.461 e. The second-order valence-corrected chi connectivity index (χ2v) is 9.77. The molecule has 5 aromatic rings. The second kappa shape index (κ2) is 12.9. The monoisotopic (exact) mass is 543 g/mol. The number of nitrogens with one attached hydrogen (secondary N) is 1. The van der Waals surface area contributed by atoms with Gasteiger partial charge in [-0.2, -0.15) is 5.10 Å². The van der Waals surface area contributed by atoms with Crippen molar-refractivity contribution in [2.75, 3.05) is 6.61 Å².